The molecule has 0 fully saturated rings. The van der Waals surface area contributed by atoms with Gasteiger partial charge in [-0.1, -0.05) is 23.9 Å². The van der Waals surface area contributed by atoms with E-state index in [0.29, 0.717) is 5.16 Å². The molecule has 0 spiro atoms. The van der Waals surface area contributed by atoms with E-state index in [1.165, 1.54) is 11.8 Å². The van der Waals surface area contributed by atoms with E-state index in [2.05, 4.69) is 9.97 Å². The molecule has 0 aliphatic rings. The monoisotopic (exact) mass is 247 g/mol. The zero-order valence-electron chi connectivity index (χ0n) is 9.73. The van der Waals surface area contributed by atoms with Gasteiger partial charge in [0.2, 0.25) is 5.91 Å². The first-order valence-electron chi connectivity index (χ1n) is 5.22. The van der Waals surface area contributed by atoms with Gasteiger partial charge in [-0.2, -0.15) is 0 Å². The van der Waals surface area contributed by atoms with Crippen LogP contribution in [0.2, 0.25) is 0 Å². The third-order valence-corrected chi connectivity index (χ3v) is 3.24. The van der Waals surface area contributed by atoms with Crippen molar-refractivity contribution < 1.29 is 4.79 Å². The fourth-order valence-corrected chi connectivity index (χ4v) is 2.21. The number of benzene rings is 1. The number of aryl methyl sites for hydroxylation is 2. The van der Waals surface area contributed by atoms with Crippen molar-refractivity contribution in [3.05, 3.63) is 29.5 Å². The number of nitrogens with zero attached hydrogens (tertiary/aromatic N) is 2. The van der Waals surface area contributed by atoms with Crippen LogP contribution in [0.25, 0.3) is 10.9 Å². The molecule has 0 saturated heterocycles. The van der Waals surface area contributed by atoms with E-state index in [1.54, 1.807) is 0 Å². The van der Waals surface area contributed by atoms with Crippen LogP contribution in [0.3, 0.4) is 0 Å². The molecule has 2 rings (SSSR count). The number of amides is 1. The molecule has 0 bridgehead atoms. The van der Waals surface area contributed by atoms with Crippen LogP contribution in [-0.4, -0.2) is 21.6 Å². The molecule has 2 N–H and O–H groups in total. The van der Waals surface area contributed by atoms with Crippen LogP contribution in [0, 0.1) is 13.8 Å². The third kappa shape index (κ3) is 2.74. The van der Waals surface area contributed by atoms with E-state index in [-0.39, 0.29) is 11.7 Å². The van der Waals surface area contributed by atoms with Gasteiger partial charge in [-0.05, 0) is 25.5 Å². The van der Waals surface area contributed by atoms with Gasteiger partial charge in [0.25, 0.3) is 0 Å². The lowest BCUT2D eigenvalue weighted by Gasteiger charge is -2.05. The maximum Gasteiger partial charge on any atom is 0.227 e. The highest BCUT2D eigenvalue weighted by atomic mass is 32.2. The van der Waals surface area contributed by atoms with Crippen molar-refractivity contribution in [1.29, 1.82) is 0 Å². The van der Waals surface area contributed by atoms with Crippen LogP contribution in [-0.2, 0) is 4.79 Å². The molecule has 4 nitrogen and oxygen atoms in total. The summed E-state index contributed by atoms with van der Waals surface area (Å²) in [5, 5.41) is 1.64. The molecule has 0 saturated carbocycles. The lowest BCUT2D eigenvalue weighted by molar-refractivity contribution is -0.115. The Morgan fingerprint density at radius 1 is 1.35 bits per heavy atom. The average molecular weight is 247 g/mol. The molecule has 2 aromatic rings. The molecule has 0 aliphatic heterocycles. The lowest BCUT2D eigenvalue weighted by Crippen LogP contribution is -2.13. The average Bonchev–Trinajstić information content (AvgIpc) is 2.25. The second-order valence-electron chi connectivity index (χ2n) is 3.87. The fourth-order valence-electron chi connectivity index (χ4n) is 1.57. The first-order valence-corrected chi connectivity index (χ1v) is 6.21. The smallest absolute Gasteiger partial charge is 0.227 e. The molecule has 88 valence electrons. The van der Waals surface area contributed by atoms with Crippen LogP contribution in [0.4, 0.5) is 0 Å². The van der Waals surface area contributed by atoms with E-state index >= 15 is 0 Å². The van der Waals surface area contributed by atoms with E-state index in [1.807, 2.05) is 32.0 Å². The zero-order valence-corrected chi connectivity index (χ0v) is 10.5. The van der Waals surface area contributed by atoms with Crippen molar-refractivity contribution in [2.45, 2.75) is 19.0 Å². The summed E-state index contributed by atoms with van der Waals surface area (Å²) in [7, 11) is 0. The second-order valence-corrected chi connectivity index (χ2v) is 4.81. The normalized spacial score (nSPS) is 10.7. The Morgan fingerprint density at radius 3 is 2.82 bits per heavy atom. The quantitative estimate of drug-likeness (QED) is 0.663. The number of hydrogen-bond acceptors (Lipinski definition) is 4. The van der Waals surface area contributed by atoms with E-state index in [0.717, 1.165) is 22.2 Å². The van der Waals surface area contributed by atoms with Gasteiger partial charge in [-0.3, -0.25) is 4.79 Å². The predicted octanol–water partition coefficient (Wildman–Crippen LogP) is 1.82. The first-order chi connectivity index (χ1) is 8.06. The lowest BCUT2D eigenvalue weighted by atomic mass is 10.1. The molecule has 1 amide bonds. The molecular weight excluding hydrogens is 234 g/mol. The molecule has 1 aromatic heterocycles. The minimum absolute atomic E-state index is 0.205. The minimum Gasteiger partial charge on any atom is -0.369 e. The van der Waals surface area contributed by atoms with E-state index in [4.69, 9.17) is 5.73 Å². The molecular formula is C12H13N3OS. The van der Waals surface area contributed by atoms with E-state index < -0.39 is 0 Å². The summed E-state index contributed by atoms with van der Waals surface area (Å²) in [6, 6.07) is 6.07. The first kappa shape index (κ1) is 11.9. The van der Waals surface area contributed by atoms with Crippen LogP contribution in [0.1, 0.15) is 11.3 Å². The van der Waals surface area contributed by atoms with Gasteiger partial charge in [-0.15, -0.1) is 0 Å². The molecule has 0 radical (unpaired) electrons. The number of rotatable bonds is 3. The summed E-state index contributed by atoms with van der Waals surface area (Å²) in [6.45, 7) is 3.96. The summed E-state index contributed by atoms with van der Waals surface area (Å²) in [5.41, 5.74) is 8.08. The fraction of sp³-hybridized carbons (Fsp3) is 0.250. The summed E-state index contributed by atoms with van der Waals surface area (Å²) in [6.07, 6.45) is 0. The minimum atomic E-state index is -0.361. The Hall–Kier alpha value is -1.62. The molecule has 0 unspecified atom stereocenters. The van der Waals surface area contributed by atoms with Crippen LogP contribution in [0.15, 0.2) is 23.4 Å². The van der Waals surface area contributed by atoms with Crippen molar-refractivity contribution in [3.63, 3.8) is 0 Å². The summed E-state index contributed by atoms with van der Waals surface area (Å²) < 4.78 is 0. The highest BCUT2D eigenvalue weighted by Crippen LogP contribution is 2.21. The van der Waals surface area contributed by atoms with Gasteiger partial charge < -0.3 is 5.73 Å². The van der Waals surface area contributed by atoms with Crippen LogP contribution in [0.5, 0.6) is 0 Å². The molecule has 0 aliphatic carbocycles. The Balaban J connectivity index is 2.42. The van der Waals surface area contributed by atoms with Gasteiger partial charge in [0.15, 0.2) is 5.16 Å². The zero-order chi connectivity index (χ0) is 12.4. The van der Waals surface area contributed by atoms with Crippen molar-refractivity contribution in [1.82, 2.24) is 9.97 Å². The van der Waals surface area contributed by atoms with Crippen molar-refractivity contribution in [2.24, 2.45) is 5.73 Å². The Labute approximate surface area is 104 Å². The highest BCUT2D eigenvalue weighted by Gasteiger charge is 2.06. The molecule has 5 heteroatoms. The Morgan fingerprint density at radius 2 is 2.12 bits per heavy atom. The van der Waals surface area contributed by atoms with Gasteiger partial charge in [0.1, 0.15) is 0 Å². The molecule has 1 aromatic carbocycles. The number of hydrogen-bond donors (Lipinski definition) is 1. The summed E-state index contributed by atoms with van der Waals surface area (Å²) in [5.74, 6) is -0.155. The number of aromatic nitrogens is 2. The van der Waals surface area contributed by atoms with Crippen LogP contribution < -0.4 is 5.73 Å². The molecule has 17 heavy (non-hydrogen) atoms. The van der Waals surface area contributed by atoms with Gasteiger partial charge in [-0.25, -0.2) is 9.97 Å². The number of fused-ring (bicyclic) bond motifs is 1. The number of thioether (sulfide) groups is 1. The molecule has 1 heterocycles. The summed E-state index contributed by atoms with van der Waals surface area (Å²) in [4.78, 5) is 19.5. The topological polar surface area (TPSA) is 68.9 Å². The molecule has 0 atom stereocenters. The van der Waals surface area contributed by atoms with Gasteiger partial charge in [0, 0.05) is 11.1 Å². The second kappa shape index (κ2) is 4.71. The van der Waals surface area contributed by atoms with Gasteiger partial charge in [0.05, 0.1) is 11.3 Å². The number of carbonyl (C=O) groups is 1. The van der Waals surface area contributed by atoms with Crippen molar-refractivity contribution in [3.8, 4) is 0 Å². The van der Waals surface area contributed by atoms with Crippen LogP contribution >= 0.6 is 11.8 Å². The number of nitrogens with two attached hydrogens (primary N) is 1. The van der Waals surface area contributed by atoms with Crippen molar-refractivity contribution in [2.75, 3.05) is 5.75 Å². The maximum atomic E-state index is 10.7. The predicted molar refractivity (Wildman–Crippen MR) is 68.9 cm³/mol. The maximum absolute atomic E-state index is 10.7. The number of carbonyl (C=O) groups excluding carboxylic acids is 1. The third-order valence-electron chi connectivity index (χ3n) is 2.37. The standard InChI is InChI=1S/C12H13N3OS/c1-7-3-4-9-8(2)14-12(15-10(9)5-7)17-6-11(13)16/h3-5H,6H2,1-2H3,(H2,13,16). The van der Waals surface area contributed by atoms with E-state index in [9.17, 15) is 4.79 Å². The Kier molecular flexibility index (Phi) is 3.28. The Bertz CT molecular complexity index is 583. The SMILES string of the molecule is Cc1ccc2c(C)nc(SCC(N)=O)nc2c1. The summed E-state index contributed by atoms with van der Waals surface area (Å²) >= 11 is 1.27. The van der Waals surface area contributed by atoms with Gasteiger partial charge >= 0.3 is 0 Å². The largest absolute Gasteiger partial charge is 0.369 e. The highest BCUT2D eigenvalue weighted by molar-refractivity contribution is 7.99. The van der Waals surface area contributed by atoms with Crippen molar-refractivity contribution >= 4 is 28.6 Å². The number of primary amides is 1.